The summed E-state index contributed by atoms with van der Waals surface area (Å²) in [6.07, 6.45) is 3.56. The summed E-state index contributed by atoms with van der Waals surface area (Å²) in [4.78, 5) is 0. The lowest BCUT2D eigenvalue weighted by molar-refractivity contribution is 0.502. The van der Waals surface area contributed by atoms with Gasteiger partial charge in [-0.25, -0.2) is 8.42 Å². The fourth-order valence-electron chi connectivity index (χ4n) is 1.41. The molecule has 0 amide bonds. The van der Waals surface area contributed by atoms with Crippen molar-refractivity contribution in [3.63, 3.8) is 0 Å². The Labute approximate surface area is 102 Å². The van der Waals surface area contributed by atoms with Crippen molar-refractivity contribution in [2.45, 2.75) is 32.9 Å². The Kier molecular flexibility index (Phi) is 4.64. The molecule has 7 heteroatoms. The number of hydrogen-bond donors (Lipinski definition) is 1. The SMILES string of the molecule is CC(C)C(N)c1cn(CCCS(C)(=O)=O)nn1. The minimum Gasteiger partial charge on any atom is -0.322 e. The molecule has 0 radical (unpaired) electrons. The van der Waals surface area contributed by atoms with Gasteiger partial charge in [-0.2, -0.15) is 0 Å². The fourth-order valence-corrected chi connectivity index (χ4v) is 2.06. The van der Waals surface area contributed by atoms with Crippen molar-refractivity contribution in [3.05, 3.63) is 11.9 Å². The van der Waals surface area contributed by atoms with Crippen LogP contribution in [-0.4, -0.2) is 35.4 Å². The van der Waals surface area contributed by atoms with E-state index in [2.05, 4.69) is 10.3 Å². The lowest BCUT2D eigenvalue weighted by atomic mass is 10.0. The summed E-state index contributed by atoms with van der Waals surface area (Å²) in [6, 6.07) is -0.126. The number of sulfone groups is 1. The molecule has 0 aromatic carbocycles. The molecule has 0 aliphatic rings. The van der Waals surface area contributed by atoms with Gasteiger partial charge in [0, 0.05) is 12.8 Å². The second kappa shape index (κ2) is 5.59. The van der Waals surface area contributed by atoms with Crippen LogP contribution in [0.3, 0.4) is 0 Å². The van der Waals surface area contributed by atoms with Crippen LogP contribution in [-0.2, 0) is 16.4 Å². The van der Waals surface area contributed by atoms with Gasteiger partial charge in [-0.05, 0) is 12.3 Å². The molecule has 1 aromatic heterocycles. The molecule has 6 nitrogen and oxygen atoms in total. The van der Waals surface area contributed by atoms with Crippen molar-refractivity contribution in [1.82, 2.24) is 15.0 Å². The van der Waals surface area contributed by atoms with Crippen molar-refractivity contribution in [2.24, 2.45) is 11.7 Å². The number of rotatable bonds is 6. The van der Waals surface area contributed by atoms with Gasteiger partial charge in [0.05, 0.1) is 23.7 Å². The maximum atomic E-state index is 11.0. The molecule has 1 rings (SSSR count). The molecule has 1 unspecified atom stereocenters. The summed E-state index contributed by atoms with van der Waals surface area (Å²) in [5, 5.41) is 7.92. The zero-order chi connectivity index (χ0) is 13.1. The second-order valence-corrected chi connectivity index (χ2v) is 6.92. The summed E-state index contributed by atoms with van der Waals surface area (Å²) in [5.74, 6) is 0.467. The minimum atomic E-state index is -2.90. The third kappa shape index (κ3) is 4.82. The van der Waals surface area contributed by atoms with Crippen LogP contribution in [0.2, 0.25) is 0 Å². The van der Waals surface area contributed by atoms with E-state index in [1.54, 1.807) is 10.9 Å². The van der Waals surface area contributed by atoms with E-state index in [0.717, 1.165) is 5.69 Å². The molecule has 1 heterocycles. The Morgan fingerprint density at radius 2 is 2.12 bits per heavy atom. The molecule has 0 spiro atoms. The van der Waals surface area contributed by atoms with Crippen molar-refractivity contribution >= 4 is 9.84 Å². The Morgan fingerprint density at radius 1 is 1.47 bits per heavy atom. The van der Waals surface area contributed by atoms with Crippen LogP contribution in [0.25, 0.3) is 0 Å². The molecule has 17 heavy (non-hydrogen) atoms. The first-order valence-corrected chi connectivity index (χ1v) is 7.69. The Hall–Kier alpha value is -0.950. The summed E-state index contributed by atoms with van der Waals surface area (Å²) in [6.45, 7) is 4.59. The molecule has 0 aliphatic heterocycles. The minimum absolute atomic E-state index is 0.126. The lowest BCUT2D eigenvalue weighted by Crippen LogP contribution is -2.17. The fraction of sp³-hybridized carbons (Fsp3) is 0.800. The summed E-state index contributed by atoms with van der Waals surface area (Å²) in [7, 11) is -2.90. The van der Waals surface area contributed by atoms with Gasteiger partial charge in [-0.15, -0.1) is 5.10 Å². The first-order valence-electron chi connectivity index (χ1n) is 5.63. The highest BCUT2D eigenvalue weighted by atomic mass is 32.2. The van der Waals surface area contributed by atoms with Gasteiger partial charge in [0.2, 0.25) is 0 Å². The predicted molar refractivity (Wildman–Crippen MR) is 66.1 cm³/mol. The van der Waals surface area contributed by atoms with Crippen molar-refractivity contribution < 1.29 is 8.42 Å². The smallest absolute Gasteiger partial charge is 0.147 e. The van der Waals surface area contributed by atoms with Crippen LogP contribution in [0.4, 0.5) is 0 Å². The highest BCUT2D eigenvalue weighted by Crippen LogP contribution is 2.15. The second-order valence-electron chi connectivity index (χ2n) is 4.66. The number of nitrogens with zero attached hydrogens (tertiary/aromatic N) is 3. The number of nitrogens with two attached hydrogens (primary N) is 1. The lowest BCUT2D eigenvalue weighted by Gasteiger charge is -2.11. The number of aromatic nitrogens is 3. The Balaban J connectivity index is 2.52. The molecule has 0 fully saturated rings. The van der Waals surface area contributed by atoms with E-state index in [1.165, 1.54) is 6.26 Å². The van der Waals surface area contributed by atoms with Gasteiger partial charge < -0.3 is 5.73 Å². The summed E-state index contributed by atoms with van der Waals surface area (Å²) >= 11 is 0. The van der Waals surface area contributed by atoms with Gasteiger partial charge in [0.1, 0.15) is 9.84 Å². The zero-order valence-electron chi connectivity index (χ0n) is 10.5. The molecule has 0 saturated carbocycles. The maximum absolute atomic E-state index is 11.0. The molecule has 0 bridgehead atoms. The molecule has 0 aliphatic carbocycles. The van der Waals surface area contributed by atoms with Crippen LogP contribution in [0.1, 0.15) is 32.0 Å². The van der Waals surface area contributed by atoms with Gasteiger partial charge in [0.15, 0.2) is 0 Å². The van der Waals surface area contributed by atoms with Gasteiger partial charge in [-0.1, -0.05) is 19.1 Å². The van der Waals surface area contributed by atoms with Gasteiger partial charge in [0.25, 0.3) is 0 Å². The third-order valence-corrected chi connectivity index (χ3v) is 3.55. The maximum Gasteiger partial charge on any atom is 0.147 e. The Bertz CT molecular complexity index is 453. The van der Waals surface area contributed by atoms with E-state index >= 15 is 0 Å². The normalized spacial score (nSPS) is 14.2. The van der Waals surface area contributed by atoms with Gasteiger partial charge in [-0.3, -0.25) is 4.68 Å². The van der Waals surface area contributed by atoms with E-state index in [1.807, 2.05) is 13.8 Å². The number of aryl methyl sites for hydroxylation is 1. The molecular weight excluding hydrogens is 240 g/mol. The summed E-state index contributed by atoms with van der Waals surface area (Å²) in [5.41, 5.74) is 6.69. The predicted octanol–water partition coefficient (Wildman–Crippen LogP) is 0.369. The molecule has 1 atom stereocenters. The average molecular weight is 260 g/mol. The summed E-state index contributed by atoms with van der Waals surface area (Å²) < 4.78 is 23.6. The van der Waals surface area contributed by atoms with Crippen molar-refractivity contribution in [1.29, 1.82) is 0 Å². The quantitative estimate of drug-likeness (QED) is 0.798. The molecule has 2 N–H and O–H groups in total. The van der Waals surface area contributed by atoms with E-state index in [9.17, 15) is 8.42 Å². The number of hydrogen-bond acceptors (Lipinski definition) is 5. The first kappa shape index (κ1) is 14.1. The highest BCUT2D eigenvalue weighted by Gasteiger charge is 2.14. The molecule has 0 saturated heterocycles. The van der Waals surface area contributed by atoms with Crippen molar-refractivity contribution in [3.8, 4) is 0 Å². The monoisotopic (exact) mass is 260 g/mol. The van der Waals surface area contributed by atoms with Crippen LogP contribution >= 0.6 is 0 Å². The Morgan fingerprint density at radius 3 is 2.65 bits per heavy atom. The van der Waals surface area contributed by atoms with E-state index in [4.69, 9.17) is 5.73 Å². The molecule has 1 aromatic rings. The van der Waals surface area contributed by atoms with Crippen LogP contribution in [0, 0.1) is 5.92 Å². The average Bonchev–Trinajstić information content (AvgIpc) is 2.63. The van der Waals surface area contributed by atoms with Crippen LogP contribution < -0.4 is 5.73 Å². The van der Waals surface area contributed by atoms with Crippen molar-refractivity contribution in [2.75, 3.05) is 12.0 Å². The third-order valence-electron chi connectivity index (χ3n) is 2.52. The van der Waals surface area contributed by atoms with E-state index in [0.29, 0.717) is 18.9 Å². The van der Waals surface area contributed by atoms with E-state index in [-0.39, 0.29) is 11.8 Å². The largest absolute Gasteiger partial charge is 0.322 e. The topological polar surface area (TPSA) is 90.9 Å². The highest BCUT2D eigenvalue weighted by molar-refractivity contribution is 7.90. The first-order chi connectivity index (χ1) is 7.79. The standard InChI is InChI=1S/C10H20N4O2S/c1-8(2)10(11)9-7-14(13-12-9)5-4-6-17(3,15)16/h7-8,10H,4-6,11H2,1-3H3. The molecular formula is C10H20N4O2S. The zero-order valence-corrected chi connectivity index (χ0v) is 11.3. The van der Waals surface area contributed by atoms with Gasteiger partial charge >= 0.3 is 0 Å². The van der Waals surface area contributed by atoms with E-state index < -0.39 is 9.84 Å². The van der Waals surface area contributed by atoms with Crippen LogP contribution in [0.15, 0.2) is 6.20 Å². The van der Waals surface area contributed by atoms with Crippen LogP contribution in [0.5, 0.6) is 0 Å². The molecule has 98 valence electrons.